The summed E-state index contributed by atoms with van der Waals surface area (Å²) in [6, 6.07) is 15.3. The molecule has 2 aromatic carbocycles. The van der Waals surface area contributed by atoms with Gasteiger partial charge in [-0.05, 0) is 73.2 Å². The van der Waals surface area contributed by atoms with E-state index in [1.54, 1.807) is 0 Å². The van der Waals surface area contributed by atoms with Gasteiger partial charge in [0.05, 0.1) is 26.4 Å². The monoisotopic (exact) mass is 684 g/mol. The van der Waals surface area contributed by atoms with Crippen molar-refractivity contribution in [3.05, 3.63) is 58.7 Å². The molecule has 0 N–H and O–H groups in total. The van der Waals surface area contributed by atoms with Crippen LogP contribution in [0, 0.1) is 0 Å². The molecule has 8 aliphatic heterocycles. The lowest BCUT2D eigenvalue weighted by Crippen LogP contribution is -2.54. The van der Waals surface area contributed by atoms with Crippen molar-refractivity contribution in [2.75, 3.05) is 78.8 Å². The van der Waals surface area contributed by atoms with Crippen molar-refractivity contribution in [3.63, 3.8) is 0 Å². The van der Waals surface area contributed by atoms with Gasteiger partial charge in [0.25, 0.3) is 0 Å². The summed E-state index contributed by atoms with van der Waals surface area (Å²) in [6.07, 6.45) is 15.3. The molecule has 50 heavy (non-hydrogen) atoms. The van der Waals surface area contributed by atoms with Gasteiger partial charge in [0, 0.05) is 103 Å². The van der Waals surface area contributed by atoms with Crippen LogP contribution in [0.5, 0.6) is 11.5 Å². The van der Waals surface area contributed by atoms with Crippen LogP contribution in [0.2, 0.25) is 0 Å². The number of benzene rings is 2. The first-order valence-corrected chi connectivity index (χ1v) is 20.3. The number of ether oxygens (including phenoxy) is 4. The predicted octanol–water partition coefficient (Wildman–Crippen LogP) is 5.68. The zero-order valence-electron chi connectivity index (χ0n) is 30.4. The summed E-state index contributed by atoms with van der Waals surface area (Å²) >= 11 is 0. The van der Waals surface area contributed by atoms with Gasteiger partial charge >= 0.3 is 0 Å². The molecule has 0 bridgehead atoms. The van der Waals surface area contributed by atoms with Gasteiger partial charge < -0.3 is 28.7 Å². The molecule has 4 atom stereocenters. The minimum Gasteiger partial charge on any atom is -0.487 e. The minimum atomic E-state index is 0.0818. The number of rotatable bonds is 4. The normalized spacial score (nSPS) is 33.0. The Bertz CT molecular complexity index is 1370. The van der Waals surface area contributed by atoms with E-state index < -0.39 is 0 Å². The lowest BCUT2D eigenvalue weighted by molar-refractivity contribution is -0.0252. The molecule has 8 nitrogen and oxygen atoms in total. The summed E-state index contributed by atoms with van der Waals surface area (Å²) in [5.41, 5.74) is 5.90. The van der Waals surface area contributed by atoms with Gasteiger partial charge in [-0.1, -0.05) is 37.1 Å². The molecule has 0 amide bonds. The average Bonchev–Trinajstić information content (AvgIpc) is 3.68. The Morgan fingerprint density at radius 2 is 1.00 bits per heavy atom. The third kappa shape index (κ3) is 7.35. The summed E-state index contributed by atoms with van der Waals surface area (Å²) in [7, 11) is 0. The SMILES string of the molecule is c1cc2c(cc1CN1CCOCC1)C[C@@]1(CCN3CCCC[C@@H]3C1)O2.c1cc2c(cc1CN1CCOCC1)C[C@]1(CCN3CCCC[C@H]3C1)O2. The van der Waals surface area contributed by atoms with Crippen LogP contribution in [0.1, 0.15) is 86.5 Å². The zero-order chi connectivity index (χ0) is 33.4. The molecular formula is C42H60N4O4. The van der Waals surface area contributed by atoms with Gasteiger partial charge in [-0.25, -0.2) is 0 Å². The van der Waals surface area contributed by atoms with Crippen LogP contribution in [0.3, 0.4) is 0 Å². The van der Waals surface area contributed by atoms with Crippen molar-refractivity contribution in [1.29, 1.82) is 0 Å². The number of hydrogen-bond donors (Lipinski definition) is 0. The fourth-order valence-electron chi connectivity index (χ4n) is 10.6. The molecule has 0 radical (unpaired) electrons. The Balaban J connectivity index is 0.000000135. The third-order valence-corrected chi connectivity index (χ3v) is 13.4. The van der Waals surface area contributed by atoms with Crippen LogP contribution >= 0.6 is 0 Å². The van der Waals surface area contributed by atoms with E-state index in [1.165, 1.54) is 113 Å². The van der Waals surface area contributed by atoms with Gasteiger partial charge in [-0.3, -0.25) is 9.80 Å². The maximum Gasteiger partial charge on any atom is 0.123 e. The Kier molecular flexibility index (Phi) is 9.87. The Labute approximate surface area is 300 Å². The first kappa shape index (κ1) is 33.6. The molecule has 0 saturated carbocycles. The highest BCUT2D eigenvalue weighted by molar-refractivity contribution is 5.43. The average molecular weight is 685 g/mol. The van der Waals surface area contributed by atoms with Crippen molar-refractivity contribution in [2.45, 2.75) is 113 Å². The largest absolute Gasteiger partial charge is 0.487 e. The summed E-state index contributed by atoms with van der Waals surface area (Å²) in [6.45, 7) is 14.8. The Morgan fingerprint density at radius 3 is 1.46 bits per heavy atom. The molecule has 8 heteroatoms. The smallest absolute Gasteiger partial charge is 0.123 e. The van der Waals surface area contributed by atoms with E-state index in [1.807, 2.05) is 0 Å². The first-order chi connectivity index (χ1) is 24.6. The topological polar surface area (TPSA) is 49.9 Å². The number of morpholine rings is 2. The van der Waals surface area contributed by atoms with E-state index in [-0.39, 0.29) is 11.2 Å². The lowest BCUT2D eigenvalue weighted by Gasteiger charge is -2.46. The third-order valence-electron chi connectivity index (χ3n) is 13.4. The number of nitrogens with zero attached hydrogens (tertiary/aromatic N) is 4. The molecule has 8 aliphatic rings. The second-order valence-electron chi connectivity index (χ2n) is 16.9. The highest BCUT2D eigenvalue weighted by atomic mass is 16.5. The van der Waals surface area contributed by atoms with Gasteiger partial charge in [-0.2, -0.15) is 0 Å². The standard InChI is InChI=1S/2C21H30N2O2/c2*1-2-7-23-8-6-21(15-19(23)3-1)14-18-13-17(4-5-20(18)25-21)16-22-9-11-24-12-10-22/h2*4-5,13,19H,1-3,6-12,14-16H2/t2*19-,21-/m10/s1. The van der Waals surface area contributed by atoms with E-state index in [0.717, 1.165) is 102 Å². The number of hydrogen-bond acceptors (Lipinski definition) is 8. The summed E-state index contributed by atoms with van der Waals surface area (Å²) in [5, 5.41) is 0. The first-order valence-electron chi connectivity index (χ1n) is 20.3. The van der Waals surface area contributed by atoms with Crippen molar-refractivity contribution < 1.29 is 18.9 Å². The van der Waals surface area contributed by atoms with Gasteiger partial charge in [0.2, 0.25) is 0 Å². The van der Waals surface area contributed by atoms with Crippen molar-refractivity contribution in [3.8, 4) is 11.5 Å². The highest BCUT2D eigenvalue weighted by Crippen LogP contribution is 2.46. The fraction of sp³-hybridized carbons (Fsp3) is 0.714. The van der Waals surface area contributed by atoms with Crippen LogP contribution < -0.4 is 9.47 Å². The second kappa shape index (κ2) is 14.7. The Hall–Kier alpha value is -2.20. The molecule has 0 aromatic heterocycles. The Morgan fingerprint density at radius 1 is 0.540 bits per heavy atom. The predicted molar refractivity (Wildman–Crippen MR) is 196 cm³/mol. The lowest BCUT2D eigenvalue weighted by atomic mass is 9.80. The maximum atomic E-state index is 6.57. The molecule has 8 heterocycles. The summed E-state index contributed by atoms with van der Waals surface area (Å²) < 4.78 is 24.1. The molecule has 6 fully saturated rings. The van der Waals surface area contributed by atoms with Crippen LogP contribution in [-0.4, -0.2) is 122 Å². The zero-order valence-corrected chi connectivity index (χ0v) is 30.4. The van der Waals surface area contributed by atoms with E-state index >= 15 is 0 Å². The van der Waals surface area contributed by atoms with Crippen LogP contribution in [-0.2, 0) is 35.4 Å². The number of fused-ring (bicyclic) bond motifs is 4. The fourth-order valence-corrected chi connectivity index (χ4v) is 10.6. The van der Waals surface area contributed by atoms with E-state index in [4.69, 9.17) is 18.9 Å². The molecule has 0 aliphatic carbocycles. The molecule has 0 unspecified atom stereocenters. The van der Waals surface area contributed by atoms with Crippen molar-refractivity contribution in [1.82, 2.24) is 19.6 Å². The van der Waals surface area contributed by atoms with Crippen LogP contribution in [0.4, 0.5) is 0 Å². The molecule has 10 rings (SSSR count). The minimum absolute atomic E-state index is 0.0818. The van der Waals surface area contributed by atoms with Crippen LogP contribution in [0.15, 0.2) is 36.4 Å². The van der Waals surface area contributed by atoms with Gasteiger partial charge in [-0.15, -0.1) is 0 Å². The molecule has 2 aromatic rings. The second-order valence-corrected chi connectivity index (χ2v) is 16.9. The molecule has 272 valence electrons. The van der Waals surface area contributed by atoms with E-state index in [0.29, 0.717) is 0 Å². The van der Waals surface area contributed by atoms with Crippen LogP contribution in [0.25, 0.3) is 0 Å². The van der Waals surface area contributed by atoms with E-state index in [9.17, 15) is 0 Å². The van der Waals surface area contributed by atoms with Crippen molar-refractivity contribution >= 4 is 0 Å². The molecule has 6 saturated heterocycles. The quantitative estimate of drug-likeness (QED) is 0.408. The van der Waals surface area contributed by atoms with Crippen molar-refractivity contribution in [2.24, 2.45) is 0 Å². The highest BCUT2D eigenvalue weighted by Gasteiger charge is 2.47. The van der Waals surface area contributed by atoms with Gasteiger partial charge in [0.15, 0.2) is 0 Å². The molecular weight excluding hydrogens is 624 g/mol. The maximum absolute atomic E-state index is 6.57. The summed E-state index contributed by atoms with van der Waals surface area (Å²) in [4.78, 5) is 10.4. The number of piperidine rings is 4. The van der Waals surface area contributed by atoms with E-state index in [2.05, 4.69) is 56.0 Å². The summed E-state index contributed by atoms with van der Waals surface area (Å²) in [5.74, 6) is 2.30. The molecule has 2 spiro atoms. The van der Waals surface area contributed by atoms with Gasteiger partial charge in [0.1, 0.15) is 22.7 Å².